The quantitative estimate of drug-likeness (QED) is 0.188. The molecule has 3 heteroatoms. The van der Waals surface area contributed by atoms with Crippen molar-refractivity contribution in [1.29, 1.82) is 0 Å². The summed E-state index contributed by atoms with van der Waals surface area (Å²) in [4.78, 5) is 2.92. The summed E-state index contributed by atoms with van der Waals surface area (Å²) in [6.45, 7) is 5.02. The minimum Gasteiger partial charge on any atom is -0.0893 e. The van der Waals surface area contributed by atoms with E-state index in [9.17, 15) is 0 Å². The lowest BCUT2D eigenvalue weighted by Gasteiger charge is -2.27. The van der Waals surface area contributed by atoms with E-state index in [0.29, 0.717) is 24.3 Å². The highest BCUT2D eigenvalue weighted by Gasteiger charge is 2.23. The van der Waals surface area contributed by atoms with Gasteiger partial charge in [-0.2, -0.15) is 0 Å². The third-order valence-corrected chi connectivity index (χ3v) is 6.05. The molecule has 0 saturated heterocycles. The second-order valence-electron chi connectivity index (χ2n) is 8.19. The van der Waals surface area contributed by atoms with Gasteiger partial charge in [-0.05, 0) is 52.5 Å². The number of rotatable bonds is 10. The van der Waals surface area contributed by atoms with Crippen LogP contribution in [0.2, 0.25) is 0 Å². The van der Waals surface area contributed by atoms with Crippen LogP contribution in [0.25, 0.3) is 10.4 Å². The Bertz CT molecular complexity index is 946. The summed E-state index contributed by atoms with van der Waals surface area (Å²) >= 11 is 0. The third kappa shape index (κ3) is 5.98. The topological polar surface area (TPSA) is 48.8 Å². The van der Waals surface area contributed by atoms with Gasteiger partial charge in [-0.15, -0.1) is 0 Å². The molecule has 154 valence electrons. The maximum absolute atomic E-state index is 8.69. The van der Waals surface area contributed by atoms with Crippen molar-refractivity contribution in [3.8, 4) is 0 Å². The molecule has 30 heavy (non-hydrogen) atoms. The molecular formula is C27H31N3. The second-order valence-corrected chi connectivity index (χ2v) is 8.19. The van der Waals surface area contributed by atoms with Crippen LogP contribution in [0.3, 0.4) is 0 Å². The number of azide groups is 1. The van der Waals surface area contributed by atoms with Crippen LogP contribution in [0.15, 0.2) is 90.0 Å². The summed E-state index contributed by atoms with van der Waals surface area (Å²) in [6, 6.07) is 30.3. The first-order valence-electron chi connectivity index (χ1n) is 10.9. The zero-order chi connectivity index (χ0) is 21.2. The Hall–Kier alpha value is -3.03. The van der Waals surface area contributed by atoms with E-state index in [4.69, 9.17) is 5.53 Å². The maximum atomic E-state index is 8.69. The molecule has 0 aromatic heterocycles. The van der Waals surface area contributed by atoms with Crippen molar-refractivity contribution in [2.75, 3.05) is 0 Å². The van der Waals surface area contributed by atoms with Crippen LogP contribution >= 0.6 is 0 Å². The highest BCUT2D eigenvalue weighted by Crippen LogP contribution is 2.38. The number of hydrogen-bond donors (Lipinski definition) is 0. The summed E-state index contributed by atoms with van der Waals surface area (Å²) < 4.78 is 0. The Kier molecular flexibility index (Phi) is 8.11. The highest BCUT2D eigenvalue weighted by atomic mass is 15.1. The molecule has 3 nitrogen and oxygen atoms in total. The third-order valence-electron chi connectivity index (χ3n) is 6.05. The van der Waals surface area contributed by atoms with Crippen LogP contribution in [0.5, 0.6) is 0 Å². The molecule has 0 N–H and O–H groups in total. The minimum absolute atomic E-state index is 0.298. The number of nitrogens with zero attached hydrogens (tertiary/aromatic N) is 3. The Morgan fingerprint density at radius 3 is 2.07 bits per heavy atom. The van der Waals surface area contributed by atoms with Crippen LogP contribution in [0.4, 0.5) is 0 Å². The summed E-state index contributed by atoms with van der Waals surface area (Å²) in [5, 5.41) is 3.75. The van der Waals surface area contributed by atoms with Gasteiger partial charge in [0.25, 0.3) is 0 Å². The van der Waals surface area contributed by atoms with Crippen LogP contribution in [0.1, 0.15) is 67.2 Å². The van der Waals surface area contributed by atoms with E-state index in [0.717, 1.165) is 12.0 Å². The summed E-state index contributed by atoms with van der Waals surface area (Å²) in [5.41, 5.74) is 13.8. The van der Waals surface area contributed by atoms with E-state index in [2.05, 4.69) is 103 Å². The fourth-order valence-corrected chi connectivity index (χ4v) is 4.20. The highest BCUT2D eigenvalue weighted by molar-refractivity contribution is 5.36. The smallest absolute Gasteiger partial charge is 0.0510 e. The van der Waals surface area contributed by atoms with Gasteiger partial charge >= 0.3 is 0 Å². The molecule has 0 radical (unpaired) electrons. The van der Waals surface area contributed by atoms with Crippen molar-refractivity contribution in [3.63, 3.8) is 0 Å². The summed E-state index contributed by atoms with van der Waals surface area (Å²) in [7, 11) is 0. The average molecular weight is 398 g/mol. The van der Waals surface area contributed by atoms with Crippen LogP contribution in [-0.2, 0) is 6.54 Å². The van der Waals surface area contributed by atoms with Crippen molar-refractivity contribution >= 4 is 0 Å². The van der Waals surface area contributed by atoms with E-state index >= 15 is 0 Å². The van der Waals surface area contributed by atoms with Gasteiger partial charge in [0.1, 0.15) is 0 Å². The van der Waals surface area contributed by atoms with E-state index in [-0.39, 0.29) is 0 Å². The molecule has 3 aromatic carbocycles. The SMILES string of the molecule is CCC(C)CC(CC(c1ccccc1)c1cccc(CN=[N+]=[N-])c1)c1ccccc1. The zero-order valence-corrected chi connectivity index (χ0v) is 18.0. The van der Waals surface area contributed by atoms with E-state index in [1.807, 2.05) is 6.07 Å². The first-order chi connectivity index (χ1) is 14.7. The van der Waals surface area contributed by atoms with Gasteiger partial charge < -0.3 is 0 Å². The molecule has 0 fully saturated rings. The second kappa shape index (κ2) is 11.2. The Balaban J connectivity index is 1.98. The average Bonchev–Trinajstić information content (AvgIpc) is 2.81. The van der Waals surface area contributed by atoms with Crippen molar-refractivity contribution in [1.82, 2.24) is 0 Å². The predicted octanol–water partition coefficient (Wildman–Crippen LogP) is 8.24. The first kappa shape index (κ1) is 21.7. The van der Waals surface area contributed by atoms with E-state index in [1.54, 1.807) is 0 Å². The molecule has 0 saturated carbocycles. The molecule has 0 aliphatic carbocycles. The summed E-state index contributed by atoms with van der Waals surface area (Å²) in [5.74, 6) is 1.47. The molecule has 3 unspecified atom stereocenters. The lowest BCUT2D eigenvalue weighted by molar-refractivity contribution is 0.426. The molecule has 0 aliphatic rings. The number of benzene rings is 3. The zero-order valence-electron chi connectivity index (χ0n) is 18.0. The van der Waals surface area contributed by atoms with Crippen LogP contribution in [0, 0.1) is 5.92 Å². The Morgan fingerprint density at radius 1 is 0.800 bits per heavy atom. The van der Waals surface area contributed by atoms with E-state index in [1.165, 1.54) is 29.5 Å². The monoisotopic (exact) mass is 397 g/mol. The molecule has 3 aromatic rings. The largest absolute Gasteiger partial charge is 0.0893 e. The predicted molar refractivity (Wildman–Crippen MR) is 125 cm³/mol. The standard InChI is InChI=1S/C27H31N3/c1-3-21(2)17-26(23-12-6-4-7-13-23)19-27(24-14-8-5-9-15-24)25-16-10-11-22(18-25)20-29-30-28/h4-16,18,21,26-27H,3,17,19-20H2,1-2H3. The molecule has 0 heterocycles. The Labute approximate surface area is 180 Å². The Morgan fingerprint density at radius 2 is 1.43 bits per heavy atom. The lowest BCUT2D eigenvalue weighted by atomic mass is 9.77. The van der Waals surface area contributed by atoms with Crippen molar-refractivity contribution in [2.45, 2.75) is 51.5 Å². The minimum atomic E-state index is 0.298. The molecule has 3 atom stereocenters. The fourth-order valence-electron chi connectivity index (χ4n) is 4.20. The van der Waals surface area contributed by atoms with Gasteiger partial charge in [-0.25, -0.2) is 0 Å². The molecular weight excluding hydrogens is 366 g/mol. The van der Waals surface area contributed by atoms with Crippen molar-refractivity contribution < 1.29 is 0 Å². The van der Waals surface area contributed by atoms with Crippen molar-refractivity contribution in [2.24, 2.45) is 11.0 Å². The molecule has 0 aliphatic heterocycles. The van der Waals surface area contributed by atoms with Gasteiger partial charge in [0.2, 0.25) is 0 Å². The molecule has 0 amide bonds. The summed E-state index contributed by atoms with van der Waals surface area (Å²) in [6.07, 6.45) is 3.44. The normalized spacial score (nSPS) is 13.8. The first-order valence-corrected chi connectivity index (χ1v) is 10.9. The van der Waals surface area contributed by atoms with Gasteiger partial charge in [-0.3, -0.25) is 0 Å². The van der Waals surface area contributed by atoms with Crippen LogP contribution in [-0.4, -0.2) is 0 Å². The molecule has 0 bridgehead atoms. The van der Waals surface area contributed by atoms with Gasteiger partial charge in [0.05, 0.1) is 6.54 Å². The van der Waals surface area contributed by atoms with Gasteiger partial charge in [0, 0.05) is 10.8 Å². The lowest BCUT2D eigenvalue weighted by Crippen LogP contribution is -2.11. The number of hydrogen-bond acceptors (Lipinski definition) is 1. The van der Waals surface area contributed by atoms with Crippen molar-refractivity contribution in [3.05, 3.63) is 118 Å². The fraction of sp³-hybridized carbons (Fsp3) is 0.333. The maximum Gasteiger partial charge on any atom is 0.0510 e. The van der Waals surface area contributed by atoms with Gasteiger partial charge in [-0.1, -0.05) is 110 Å². The molecule has 3 rings (SSSR count). The molecule has 0 spiro atoms. The van der Waals surface area contributed by atoms with Gasteiger partial charge in [0.15, 0.2) is 0 Å². The van der Waals surface area contributed by atoms with E-state index < -0.39 is 0 Å². The van der Waals surface area contributed by atoms with Crippen LogP contribution < -0.4 is 0 Å².